The second-order valence-electron chi connectivity index (χ2n) is 6.24. The van der Waals surface area contributed by atoms with Gasteiger partial charge in [0.05, 0.1) is 12.2 Å². The second kappa shape index (κ2) is 9.12. The average Bonchev–Trinajstić information content (AvgIpc) is 2.63. The van der Waals surface area contributed by atoms with Crippen LogP contribution in [-0.4, -0.2) is 24.5 Å². The van der Waals surface area contributed by atoms with Gasteiger partial charge >= 0.3 is 0 Å². The van der Waals surface area contributed by atoms with E-state index in [4.69, 9.17) is 4.74 Å². The summed E-state index contributed by atoms with van der Waals surface area (Å²) in [5, 5.41) is 5.18. The van der Waals surface area contributed by atoms with Crippen molar-refractivity contribution >= 4 is 17.5 Å². The zero-order chi connectivity index (χ0) is 20.0. The highest BCUT2D eigenvalue weighted by Gasteiger charge is 2.26. The number of hydrogen-bond acceptors (Lipinski definition) is 3. The van der Waals surface area contributed by atoms with Gasteiger partial charge in [0, 0.05) is 11.8 Å². The number of carbonyl (C=O) groups excluding carboxylic acids is 2. The fourth-order valence-corrected chi connectivity index (χ4v) is 2.48. The van der Waals surface area contributed by atoms with Crippen molar-refractivity contribution in [3.8, 4) is 5.75 Å². The first-order chi connectivity index (χ1) is 12.8. The van der Waals surface area contributed by atoms with Crippen molar-refractivity contribution in [2.24, 2.45) is 5.92 Å². The summed E-state index contributed by atoms with van der Waals surface area (Å²) in [5.74, 6) is -2.88. The summed E-state index contributed by atoms with van der Waals surface area (Å²) in [6, 6.07) is 8.90. The lowest BCUT2D eigenvalue weighted by Crippen LogP contribution is -2.47. The molecule has 0 spiro atoms. The van der Waals surface area contributed by atoms with Crippen molar-refractivity contribution < 1.29 is 23.1 Å². The number of rotatable bonds is 7. The predicted octanol–water partition coefficient (Wildman–Crippen LogP) is 3.76. The Hall–Kier alpha value is -2.96. The van der Waals surface area contributed by atoms with Gasteiger partial charge in [-0.15, -0.1) is 0 Å². The fourth-order valence-electron chi connectivity index (χ4n) is 2.48. The Morgan fingerprint density at radius 2 is 1.78 bits per heavy atom. The predicted molar refractivity (Wildman–Crippen MR) is 98.7 cm³/mol. The lowest BCUT2D eigenvalue weighted by atomic mass is 10.0. The van der Waals surface area contributed by atoms with Crippen LogP contribution < -0.4 is 15.4 Å². The van der Waals surface area contributed by atoms with E-state index in [-0.39, 0.29) is 11.6 Å². The van der Waals surface area contributed by atoms with Gasteiger partial charge in [0.25, 0.3) is 5.91 Å². The van der Waals surface area contributed by atoms with E-state index in [0.29, 0.717) is 17.9 Å². The maximum atomic E-state index is 13.3. The third-order valence-electron chi connectivity index (χ3n) is 3.85. The molecule has 0 radical (unpaired) electrons. The van der Waals surface area contributed by atoms with Crippen LogP contribution in [-0.2, 0) is 4.79 Å². The molecule has 1 atom stereocenters. The molecule has 0 aliphatic carbocycles. The van der Waals surface area contributed by atoms with Crippen molar-refractivity contribution in [1.29, 1.82) is 0 Å². The maximum Gasteiger partial charge on any atom is 0.255 e. The summed E-state index contributed by atoms with van der Waals surface area (Å²) in [6.45, 7) is 5.74. The topological polar surface area (TPSA) is 67.4 Å². The maximum absolute atomic E-state index is 13.3. The third-order valence-corrected chi connectivity index (χ3v) is 3.85. The molecule has 0 aliphatic rings. The molecule has 2 N–H and O–H groups in total. The van der Waals surface area contributed by atoms with Crippen molar-refractivity contribution in [3.05, 3.63) is 59.7 Å². The van der Waals surface area contributed by atoms with E-state index in [1.807, 2.05) is 0 Å². The Labute approximate surface area is 156 Å². The molecule has 0 saturated heterocycles. The van der Waals surface area contributed by atoms with E-state index in [0.717, 1.165) is 12.1 Å². The molecule has 2 aromatic carbocycles. The summed E-state index contributed by atoms with van der Waals surface area (Å²) in [6.07, 6.45) is 0. The van der Waals surface area contributed by atoms with Crippen LogP contribution in [0.2, 0.25) is 0 Å². The van der Waals surface area contributed by atoms with Gasteiger partial charge in [0.15, 0.2) is 11.6 Å². The summed E-state index contributed by atoms with van der Waals surface area (Å²) in [5.41, 5.74) is 0.416. The normalized spacial score (nSPS) is 11.8. The van der Waals surface area contributed by atoms with Crippen LogP contribution in [0.25, 0.3) is 0 Å². The van der Waals surface area contributed by atoms with Crippen molar-refractivity contribution in [2.45, 2.75) is 26.8 Å². The Morgan fingerprint density at radius 3 is 2.41 bits per heavy atom. The Balaban J connectivity index is 2.16. The van der Waals surface area contributed by atoms with Crippen LogP contribution in [0.1, 0.15) is 31.1 Å². The minimum Gasteiger partial charge on any atom is -0.493 e. The summed E-state index contributed by atoms with van der Waals surface area (Å²) in [7, 11) is 0. The van der Waals surface area contributed by atoms with E-state index in [1.54, 1.807) is 45.0 Å². The SMILES string of the molecule is CCOc1ccccc1C(=O)N[C@@H](C(=O)Nc1ccc(F)c(F)c1)C(C)C. The highest BCUT2D eigenvalue weighted by Crippen LogP contribution is 2.19. The number of hydrogen-bond donors (Lipinski definition) is 2. The molecular weight excluding hydrogens is 354 g/mol. The molecular formula is C20H22F2N2O3. The van der Waals surface area contributed by atoms with Crippen LogP contribution in [0, 0.1) is 17.6 Å². The quantitative estimate of drug-likeness (QED) is 0.773. The van der Waals surface area contributed by atoms with E-state index in [9.17, 15) is 18.4 Å². The van der Waals surface area contributed by atoms with Gasteiger partial charge in [-0.25, -0.2) is 8.78 Å². The van der Waals surface area contributed by atoms with Gasteiger partial charge in [0.2, 0.25) is 5.91 Å². The molecule has 0 heterocycles. The molecule has 2 amide bonds. The number of ether oxygens (including phenoxy) is 1. The number of nitrogens with one attached hydrogen (secondary N) is 2. The highest BCUT2D eigenvalue weighted by atomic mass is 19.2. The molecule has 2 rings (SSSR count). The van der Waals surface area contributed by atoms with Gasteiger partial charge in [-0.1, -0.05) is 26.0 Å². The lowest BCUT2D eigenvalue weighted by Gasteiger charge is -2.22. The molecule has 2 aromatic rings. The van der Waals surface area contributed by atoms with Crippen LogP contribution >= 0.6 is 0 Å². The molecule has 5 nitrogen and oxygen atoms in total. The Kier molecular flexibility index (Phi) is 6.87. The fraction of sp³-hybridized carbons (Fsp3) is 0.300. The molecule has 0 unspecified atom stereocenters. The average molecular weight is 376 g/mol. The van der Waals surface area contributed by atoms with Crippen molar-refractivity contribution in [3.63, 3.8) is 0 Å². The second-order valence-corrected chi connectivity index (χ2v) is 6.24. The number of para-hydroxylation sites is 1. The summed E-state index contributed by atoms with van der Waals surface area (Å²) < 4.78 is 31.8. The zero-order valence-corrected chi connectivity index (χ0v) is 15.4. The minimum absolute atomic E-state index is 0.105. The van der Waals surface area contributed by atoms with Crippen molar-refractivity contribution in [2.75, 3.05) is 11.9 Å². The van der Waals surface area contributed by atoms with E-state index >= 15 is 0 Å². The zero-order valence-electron chi connectivity index (χ0n) is 15.4. The van der Waals surface area contributed by atoms with Gasteiger partial charge in [-0.2, -0.15) is 0 Å². The smallest absolute Gasteiger partial charge is 0.255 e. The van der Waals surface area contributed by atoms with Gasteiger partial charge in [-0.05, 0) is 37.1 Å². The number of carbonyl (C=O) groups is 2. The number of halogens is 2. The molecule has 0 bridgehead atoms. The van der Waals surface area contributed by atoms with Gasteiger partial charge < -0.3 is 15.4 Å². The van der Waals surface area contributed by atoms with E-state index in [2.05, 4.69) is 10.6 Å². The van der Waals surface area contributed by atoms with Crippen LogP contribution in [0.15, 0.2) is 42.5 Å². The Morgan fingerprint density at radius 1 is 1.07 bits per heavy atom. The summed E-state index contributed by atoms with van der Waals surface area (Å²) in [4.78, 5) is 25.2. The van der Waals surface area contributed by atoms with Crippen molar-refractivity contribution in [1.82, 2.24) is 5.32 Å². The molecule has 27 heavy (non-hydrogen) atoms. The number of benzene rings is 2. The van der Waals surface area contributed by atoms with Crippen LogP contribution in [0.4, 0.5) is 14.5 Å². The molecule has 144 valence electrons. The molecule has 0 aliphatic heterocycles. The summed E-state index contributed by atoms with van der Waals surface area (Å²) >= 11 is 0. The van der Waals surface area contributed by atoms with Gasteiger partial charge in [-0.3, -0.25) is 9.59 Å². The van der Waals surface area contributed by atoms with Crippen LogP contribution in [0.5, 0.6) is 5.75 Å². The lowest BCUT2D eigenvalue weighted by molar-refractivity contribution is -0.118. The first-order valence-corrected chi connectivity index (χ1v) is 8.62. The Bertz CT molecular complexity index is 825. The monoisotopic (exact) mass is 376 g/mol. The van der Waals surface area contributed by atoms with Gasteiger partial charge in [0.1, 0.15) is 11.8 Å². The minimum atomic E-state index is -1.07. The van der Waals surface area contributed by atoms with E-state index < -0.39 is 29.5 Å². The number of anilines is 1. The molecule has 0 fully saturated rings. The highest BCUT2D eigenvalue weighted by molar-refractivity contribution is 6.02. The first-order valence-electron chi connectivity index (χ1n) is 8.62. The molecule has 0 saturated carbocycles. The third kappa shape index (κ3) is 5.26. The molecule has 7 heteroatoms. The first kappa shape index (κ1) is 20.4. The molecule has 0 aromatic heterocycles. The largest absolute Gasteiger partial charge is 0.493 e. The standard InChI is InChI=1S/C20H22F2N2O3/c1-4-27-17-8-6-5-7-14(17)19(25)24-18(12(2)3)20(26)23-13-9-10-15(21)16(22)11-13/h5-12,18H,4H2,1-3H3,(H,23,26)(H,24,25)/t18-/m1/s1. The number of amides is 2. The van der Waals surface area contributed by atoms with Crippen LogP contribution in [0.3, 0.4) is 0 Å². The van der Waals surface area contributed by atoms with E-state index in [1.165, 1.54) is 6.07 Å².